The molecule has 19 heavy (non-hydrogen) atoms. The average molecular weight is 279 g/mol. The third-order valence-electron chi connectivity index (χ3n) is 2.35. The fourth-order valence-electron chi connectivity index (χ4n) is 1.30. The molecule has 0 saturated carbocycles. The third kappa shape index (κ3) is 3.70. The van der Waals surface area contributed by atoms with Gasteiger partial charge < -0.3 is 15.0 Å². The maximum Gasteiger partial charge on any atom is 0.449 e. The number of H-pyrrole nitrogens is 1. The zero-order chi connectivity index (χ0) is 14.8. The van der Waals surface area contributed by atoms with Gasteiger partial charge in [-0.25, -0.2) is 0 Å². The molecule has 0 unspecified atom stereocenters. The van der Waals surface area contributed by atoms with E-state index >= 15 is 0 Å². The summed E-state index contributed by atoms with van der Waals surface area (Å²) in [5.41, 5.74) is -1.45. The summed E-state index contributed by atoms with van der Waals surface area (Å²) in [6, 6.07) is 0. The molecule has 9 heteroatoms. The second-order valence-corrected chi connectivity index (χ2v) is 4.00. The van der Waals surface area contributed by atoms with Crippen molar-refractivity contribution in [3.05, 3.63) is 21.7 Å². The van der Waals surface area contributed by atoms with Crippen LogP contribution in [0.3, 0.4) is 0 Å². The lowest BCUT2D eigenvalue weighted by Crippen LogP contribution is -2.25. The smallest absolute Gasteiger partial charge is 0.449 e. The molecule has 0 aliphatic carbocycles. The summed E-state index contributed by atoms with van der Waals surface area (Å²) in [5, 5.41) is 9.33. The molecule has 2 N–H and O–H groups in total. The Morgan fingerprint density at radius 1 is 1.42 bits per heavy atom. The summed E-state index contributed by atoms with van der Waals surface area (Å²) in [5.74, 6) is -2.90. The highest BCUT2D eigenvalue weighted by Gasteiger charge is 2.35. The van der Waals surface area contributed by atoms with E-state index in [-0.39, 0.29) is 24.3 Å². The second kappa shape index (κ2) is 5.29. The molecular weight excluding hydrogens is 267 g/mol. The number of carbonyl (C=O) groups excluding carboxylic acids is 1. The van der Waals surface area contributed by atoms with Crippen LogP contribution in [0.4, 0.5) is 13.2 Å². The average Bonchev–Trinajstić information content (AvgIpc) is 2.25. The number of aromatic hydroxyl groups is 1. The minimum atomic E-state index is -4.85. The highest BCUT2D eigenvalue weighted by Crippen LogP contribution is 2.26. The molecule has 106 valence electrons. The van der Waals surface area contributed by atoms with Gasteiger partial charge in [-0.2, -0.15) is 18.2 Å². The largest absolute Gasteiger partial charge is 0.493 e. The molecule has 0 aliphatic rings. The Balaban J connectivity index is 2.99. The van der Waals surface area contributed by atoms with Gasteiger partial charge in [0.25, 0.3) is 5.56 Å². The summed E-state index contributed by atoms with van der Waals surface area (Å²) >= 11 is 0. The summed E-state index contributed by atoms with van der Waals surface area (Å²) in [6.07, 6.45) is -5.16. The molecule has 0 aromatic carbocycles. The number of aromatic nitrogens is 2. The van der Waals surface area contributed by atoms with E-state index in [1.807, 2.05) is 0 Å². The van der Waals surface area contributed by atoms with Gasteiger partial charge >= 0.3 is 6.18 Å². The zero-order valence-electron chi connectivity index (χ0n) is 10.2. The van der Waals surface area contributed by atoms with E-state index in [1.54, 1.807) is 0 Å². The fraction of sp³-hybridized carbons (Fsp3) is 0.500. The highest BCUT2D eigenvalue weighted by molar-refractivity contribution is 5.75. The van der Waals surface area contributed by atoms with Crippen LogP contribution in [-0.4, -0.2) is 40.0 Å². The van der Waals surface area contributed by atoms with Gasteiger partial charge in [-0.15, -0.1) is 0 Å². The molecule has 1 rings (SSSR count). The van der Waals surface area contributed by atoms with Gasteiger partial charge in [0.05, 0.1) is 5.56 Å². The Bertz CT molecular complexity index is 537. The molecular formula is C10H12F3N3O3. The number of hydrogen-bond donors (Lipinski definition) is 2. The number of nitrogens with one attached hydrogen (secondary N) is 1. The topological polar surface area (TPSA) is 86.3 Å². The molecule has 6 nitrogen and oxygen atoms in total. The van der Waals surface area contributed by atoms with Crippen molar-refractivity contribution in [3.8, 4) is 5.88 Å². The number of aromatic amines is 1. The molecule has 0 radical (unpaired) electrons. The number of rotatable bonds is 3. The Kier molecular flexibility index (Phi) is 4.17. The van der Waals surface area contributed by atoms with Crippen LogP contribution >= 0.6 is 0 Å². The Morgan fingerprint density at radius 2 is 2.00 bits per heavy atom. The van der Waals surface area contributed by atoms with Gasteiger partial charge in [0.2, 0.25) is 17.6 Å². The number of halogens is 3. The maximum atomic E-state index is 12.3. The summed E-state index contributed by atoms with van der Waals surface area (Å²) in [6.45, 7) is 0. The van der Waals surface area contributed by atoms with Gasteiger partial charge in [0.1, 0.15) is 0 Å². The van der Waals surface area contributed by atoms with E-state index in [4.69, 9.17) is 0 Å². The first kappa shape index (κ1) is 15.0. The molecule has 0 atom stereocenters. The summed E-state index contributed by atoms with van der Waals surface area (Å²) in [4.78, 5) is 28.4. The van der Waals surface area contributed by atoms with Crippen molar-refractivity contribution in [1.29, 1.82) is 0 Å². The van der Waals surface area contributed by atoms with Gasteiger partial charge in [0.15, 0.2) is 0 Å². The van der Waals surface area contributed by atoms with E-state index in [1.165, 1.54) is 24.0 Å². The van der Waals surface area contributed by atoms with Gasteiger partial charge in [-0.3, -0.25) is 9.59 Å². The first-order valence-electron chi connectivity index (χ1n) is 5.22. The van der Waals surface area contributed by atoms with Crippen LogP contribution in [-0.2, 0) is 17.4 Å². The molecule has 0 aliphatic heterocycles. The fourth-order valence-corrected chi connectivity index (χ4v) is 1.30. The minimum absolute atomic E-state index is 0.114. The quantitative estimate of drug-likeness (QED) is 0.844. The van der Waals surface area contributed by atoms with E-state index < -0.39 is 23.4 Å². The molecule has 1 aromatic heterocycles. The van der Waals surface area contributed by atoms with Crippen molar-refractivity contribution < 1.29 is 23.1 Å². The standard InChI is InChI=1S/C10H12F3N3O3/c1-16(2)6(17)4-3-5-7(18)14-9(10(11,12)13)15-8(5)19/h3-4H2,1-2H3,(H2,14,15,18,19). The number of amides is 1. The van der Waals surface area contributed by atoms with Gasteiger partial charge in [-0.05, 0) is 6.42 Å². The monoisotopic (exact) mass is 279 g/mol. The first-order valence-corrected chi connectivity index (χ1v) is 5.22. The van der Waals surface area contributed by atoms with Crippen LogP contribution in [0, 0.1) is 0 Å². The number of hydrogen-bond acceptors (Lipinski definition) is 4. The lowest BCUT2D eigenvalue weighted by Gasteiger charge is -2.11. The van der Waals surface area contributed by atoms with Crippen molar-refractivity contribution >= 4 is 5.91 Å². The Hall–Kier alpha value is -2.06. The van der Waals surface area contributed by atoms with Crippen LogP contribution < -0.4 is 5.56 Å². The maximum absolute atomic E-state index is 12.3. The zero-order valence-corrected chi connectivity index (χ0v) is 10.2. The van der Waals surface area contributed by atoms with Crippen molar-refractivity contribution in [2.75, 3.05) is 14.1 Å². The summed E-state index contributed by atoms with van der Waals surface area (Å²) in [7, 11) is 2.99. The van der Waals surface area contributed by atoms with E-state index in [2.05, 4.69) is 4.98 Å². The van der Waals surface area contributed by atoms with Crippen molar-refractivity contribution in [2.24, 2.45) is 0 Å². The molecule has 0 saturated heterocycles. The molecule has 0 bridgehead atoms. The van der Waals surface area contributed by atoms with Gasteiger partial charge in [0, 0.05) is 20.5 Å². The number of alkyl halides is 3. The highest BCUT2D eigenvalue weighted by atomic mass is 19.4. The predicted molar refractivity (Wildman–Crippen MR) is 58.5 cm³/mol. The summed E-state index contributed by atoms with van der Waals surface area (Å²) < 4.78 is 36.9. The van der Waals surface area contributed by atoms with Crippen molar-refractivity contribution in [2.45, 2.75) is 19.0 Å². The lowest BCUT2D eigenvalue weighted by molar-refractivity contribution is -0.145. The second-order valence-electron chi connectivity index (χ2n) is 4.00. The van der Waals surface area contributed by atoms with E-state index in [0.717, 1.165) is 0 Å². The lowest BCUT2D eigenvalue weighted by atomic mass is 10.1. The molecule has 1 aromatic rings. The number of nitrogens with zero attached hydrogens (tertiary/aromatic N) is 2. The first-order chi connectivity index (χ1) is 8.62. The number of carbonyl (C=O) groups is 1. The van der Waals surface area contributed by atoms with Gasteiger partial charge in [-0.1, -0.05) is 0 Å². The minimum Gasteiger partial charge on any atom is -0.493 e. The van der Waals surface area contributed by atoms with Crippen LogP contribution in [0.1, 0.15) is 17.8 Å². The third-order valence-corrected chi connectivity index (χ3v) is 2.35. The van der Waals surface area contributed by atoms with E-state index in [0.29, 0.717) is 0 Å². The molecule has 0 spiro atoms. The van der Waals surface area contributed by atoms with Crippen LogP contribution in [0.25, 0.3) is 0 Å². The normalized spacial score (nSPS) is 11.4. The molecule has 1 amide bonds. The van der Waals surface area contributed by atoms with Crippen LogP contribution in [0.5, 0.6) is 5.88 Å². The molecule has 0 fully saturated rings. The Labute approximate surface area is 105 Å². The Morgan fingerprint density at radius 3 is 2.42 bits per heavy atom. The molecule has 1 heterocycles. The SMILES string of the molecule is CN(C)C(=O)CCc1c(O)nc(C(F)(F)F)[nH]c1=O. The van der Waals surface area contributed by atoms with E-state index in [9.17, 15) is 27.9 Å². The van der Waals surface area contributed by atoms with Crippen molar-refractivity contribution in [3.63, 3.8) is 0 Å². The predicted octanol–water partition coefficient (Wildman–Crippen LogP) is 0.515. The van der Waals surface area contributed by atoms with Crippen molar-refractivity contribution in [1.82, 2.24) is 14.9 Å². The van der Waals surface area contributed by atoms with Crippen LogP contribution in [0.15, 0.2) is 4.79 Å². The van der Waals surface area contributed by atoms with Crippen LogP contribution in [0.2, 0.25) is 0 Å².